The molecule has 1 aromatic carbocycles. The van der Waals surface area contributed by atoms with Gasteiger partial charge in [-0.05, 0) is 0 Å². The van der Waals surface area contributed by atoms with E-state index in [-0.39, 0.29) is 28.1 Å². The molecule has 0 spiro atoms. The number of hydrogen-bond donors (Lipinski definition) is 0. The predicted molar refractivity (Wildman–Crippen MR) is 101 cm³/mol. The van der Waals surface area contributed by atoms with Crippen LogP contribution in [0, 0.1) is 0 Å². The van der Waals surface area contributed by atoms with Crippen molar-refractivity contribution in [2.45, 2.75) is 23.6 Å². The van der Waals surface area contributed by atoms with E-state index in [4.69, 9.17) is 4.43 Å². The maximum atomic E-state index is 6.31. The second kappa shape index (κ2) is 8.17. The fraction of sp³-hybridized carbons (Fsp3) is 0.235. The van der Waals surface area contributed by atoms with Crippen molar-refractivity contribution in [3.8, 4) is 0 Å². The molecule has 0 N–H and O–H groups in total. The monoisotopic (exact) mass is 430 g/mol. The van der Waals surface area contributed by atoms with E-state index in [1.54, 1.807) is 6.49 Å². The Kier molecular flexibility index (Phi) is 7.42. The van der Waals surface area contributed by atoms with Crippen molar-refractivity contribution in [2.75, 3.05) is 0 Å². The molecule has 1 atom stereocenters. The van der Waals surface area contributed by atoms with Gasteiger partial charge >= 0.3 is 132 Å². The van der Waals surface area contributed by atoms with Gasteiger partial charge in [-0.1, -0.05) is 0 Å². The second-order valence-corrected chi connectivity index (χ2v) is 13.7. The maximum absolute atomic E-state index is 6.31. The molecule has 1 unspecified atom stereocenters. The van der Waals surface area contributed by atoms with Crippen molar-refractivity contribution < 1.29 is 25.7 Å². The first-order valence-corrected chi connectivity index (χ1v) is 11.6. The SMILES string of the molecule is C[C](C)=[Zr]([C]1=CC=CC1)[C]1(O[SiH3])C=Cc2ccccc21.Cl.Cl. The molecule has 0 bridgehead atoms. The maximum Gasteiger partial charge on any atom is -0.147 e. The fourth-order valence-electron chi connectivity index (χ4n) is 3.34. The van der Waals surface area contributed by atoms with E-state index in [0.29, 0.717) is 0 Å². The van der Waals surface area contributed by atoms with Crippen LogP contribution in [0.15, 0.2) is 51.9 Å². The number of rotatable bonds is 3. The average molecular weight is 433 g/mol. The number of fused-ring (bicyclic) bond motifs is 1. The van der Waals surface area contributed by atoms with Crippen molar-refractivity contribution in [3.05, 3.63) is 63.0 Å². The third-order valence-corrected chi connectivity index (χ3v) is 14.1. The van der Waals surface area contributed by atoms with Crippen LogP contribution in [-0.4, -0.2) is 13.7 Å². The minimum atomic E-state index is -2.04. The summed E-state index contributed by atoms with van der Waals surface area (Å²) in [6.45, 7) is 4.62. The number of halogens is 2. The van der Waals surface area contributed by atoms with Crippen molar-refractivity contribution in [2.24, 2.45) is 0 Å². The molecular formula is C17H22Cl2OSiZr. The number of hydrogen-bond acceptors (Lipinski definition) is 1. The van der Waals surface area contributed by atoms with Crippen molar-refractivity contribution in [3.63, 3.8) is 0 Å². The summed E-state index contributed by atoms with van der Waals surface area (Å²) in [5, 5.41) is 0. The Morgan fingerprint density at radius 1 is 1.23 bits per heavy atom. The smallest absolute Gasteiger partial charge is 0.147 e. The van der Waals surface area contributed by atoms with Crippen LogP contribution >= 0.6 is 24.8 Å². The van der Waals surface area contributed by atoms with Gasteiger partial charge in [0.05, 0.1) is 0 Å². The summed E-state index contributed by atoms with van der Waals surface area (Å²) in [5.41, 5.74) is 2.74. The molecule has 0 saturated heterocycles. The van der Waals surface area contributed by atoms with Crippen molar-refractivity contribution in [1.82, 2.24) is 0 Å². The molecule has 0 radical (unpaired) electrons. The standard InChI is InChI=1S/C9H9OSi.C5H5.C3H6.2ClH.Zr/c11-10-9-6-5-7-3-1-2-4-8(7)9;1-2-4-5-3-1;1-3-2;;;/h1-6H,11H3;1-3H,4H2;1-2H3;2*1H;. The van der Waals surface area contributed by atoms with Gasteiger partial charge in [0, 0.05) is 0 Å². The van der Waals surface area contributed by atoms with Gasteiger partial charge in [0.25, 0.3) is 0 Å². The fourth-order valence-corrected chi connectivity index (χ4v) is 13.3. The summed E-state index contributed by atoms with van der Waals surface area (Å²) in [6.07, 6.45) is 12.6. The normalized spacial score (nSPS) is 20.9. The van der Waals surface area contributed by atoms with Crippen molar-refractivity contribution >= 4 is 44.6 Å². The van der Waals surface area contributed by atoms with Gasteiger partial charge in [0.15, 0.2) is 0 Å². The van der Waals surface area contributed by atoms with Gasteiger partial charge in [-0.25, -0.2) is 0 Å². The van der Waals surface area contributed by atoms with Crippen LogP contribution < -0.4 is 0 Å². The zero-order valence-corrected chi connectivity index (χ0v) is 19.2. The van der Waals surface area contributed by atoms with E-state index in [1.165, 1.54) is 11.1 Å². The van der Waals surface area contributed by atoms with E-state index < -0.39 is 21.3 Å². The molecule has 2 aliphatic carbocycles. The Hall–Kier alpha value is -0.0500. The van der Waals surface area contributed by atoms with E-state index >= 15 is 0 Å². The Morgan fingerprint density at radius 2 is 1.95 bits per heavy atom. The van der Waals surface area contributed by atoms with Crippen LogP contribution in [0.25, 0.3) is 6.08 Å². The molecule has 118 valence electrons. The molecule has 0 amide bonds. The molecule has 0 heterocycles. The van der Waals surface area contributed by atoms with Gasteiger partial charge in [-0.2, -0.15) is 0 Å². The van der Waals surface area contributed by atoms with Crippen LogP contribution in [0.1, 0.15) is 31.4 Å². The summed E-state index contributed by atoms with van der Waals surface area (Å²) < 4.78 is 9.48. The Labute approximate surface area is 156 Å². The van der Waals surface area contributed by atoms with Gasteiger partial charge < -0.3 is 0 Å². The third kappa shape index (κ3) is 3.25. The summed E-state index contributed by atoms with van der Waals surface area (Å²) >= 11 is -2.04. The molecule has 0 aliphatic heterocycles. The summed E-state index contributed by atoms with van der Waals surface area (Å²) in [5.74, 6) is 0. The van der Waals surface area contributed by atoms with E-state index in [1.807, 2.05) is 0 Å². The summed E-state index contributed by atoms with van der Waals surface area (Å²) in [6, 6.07) is 8.74. The molecule has 0 fully saturated rings. The molecule has 0 saturated carbocycles. The van der Waals surface area contributed by atoms with Crippen LogP contribution in [0.4, 0.5) is 0 Å². The molecule has 5 heteroatoms. The molecular weight excluding hydrogens is 410 g/mol. The zero-order valence-electron chi connectivity index (χ0n) is 13.1. The Morgan fingerprint density at radius 3 is 2.55 bits per heavy atom. The first kappa shape index (κ1) is 20.0. The first-order chi connectivity index (χ1) is 9.69. The Bertz CT molecular complexity index is 675. The Balaban J connectivity index is 0.00000121. The largest absolute Gasteiger partial charge is 0.147 e. The molecule has 1 nitrogen and oxygen atoms in total. The molecule has 2 aliphatic rings. The molecule has 22 heavy (non-hydrogen) atoms. The van der Waals surface area contributed by atoms with Gasteiger partial charge in [0.1, 0.15) is 0 Å². The second-order valence-electron chi connectivity index (χ2n) is 5.56. The zero-order chi connectivity index (χ0) is 14.2. The number of allylic oxidation sites excluding steroid dienone is 4. The molecule has 1 aromatic rings. The van der Waals surface area contributed by atoms with Crippen LogP contribution in [0.2, 0.25) is 0 Å². The third-order valence-electron chi connectivity index (χ3n) is 4.14. The predicted octanol–water partition coefficient (Wildman–Crippen LogP) is 3.68. The topological polar surface area (TPSA) is 9.23 Å². The van der Waals surface area contributed by atoms with Crippen LogP contribution in [0.5, 0.6) is 0 Å². The van der Waals surface area contributed by atoms with E-state index in [2.05, 4.69) is 68.5 Å². The van der Waals surface area contributed by atoms with E-state index in [0.717, 1.165) is 16.9 Å². The van der Waals surface area contributed by atoms with Gasteiger partial charge in [-0.15, -0.1) is 24.8 Å². The number of benzene rings is 1. The molecule has 3 rings (SSSR count). The average Bonchev–Trinajstić information content (AvgIpc) is 3.08. The van der Waals surface area contributed by atoms with Gasteiger partial charge in [-0.3, -0.25) is 0 Å². The molecule has 0 aromatic heterocycles. The minimum Gasteiger partial charge on any atom is -0.147 e. The minimum absolute atomic E-state index is 0. The van der Waals surface area contributed by atoms with Gasteiger partial charge in [0.2, 0.25) is 0 Å². The van der Waals surface area contributed by atoms with Crippen molar-refractivity contribution in [1.29, 1.82) is 0 Å². The quantitative estimate of drug-likeness (QED) is 0.662. The first-order valence-electron chi connectivity index (χ1n) is 7.07. The van der Waals surface area contributed by atoms with Crippen LogP contribution in [-0.2, 0) is 29.0 Å². The summed E-state index contributed by atoms with van der Waals surface area (Å²) in [7, 11) is 0.776. The van der Waals surface area contributed by atoms with E-state index in [9.17, 15) is 0 Å². The summed E-state index contributed by atoms with van der Waals surface area (Å²) in [4.78, 5) is 0. The van der Waals surface area contributed by atoms with Crippen LogP contribution in [0.3, 0.4) is 0 Å².